The van der Waals surface area contributed by atoms with Crippen LogP contribution in [0.25, 0.3) is 0 Å². The summed E-state index contributed by atoms with van der Waals surface area (Å²) in [5, 5.41) is 0. The van der Waals surface area contributed by atoms with Gasteiger partial charge in [-0.2, -0.15) is 0 Å². The lowest BCUT2D eigenvalue weighted by Gasteiger charge is -2.36. The Balaban J connectivity index is 1.60. The monoisotopic (exact) mass is 300 g/mol. The van der Waals surface area contributed by atoms with Gasteiger partial charge in [-0.3, -0.25) is 4.79 Å². The van der Waals surface area contributed by atoms with E-state index in [4.69, 9.17) is 0 Å². The normalized spacial score (nSPS) is 20.8. The number of hydrogen-bond donors (Lipinski definition) is 0. The SMILES string of the molecule is CC(C)c1cccc(C(=O)N2CCC(N3CCCC3)CC2)c1. The number of carbonyl (C=O) groups excluding carboxylic acids is 1. The number of nitrogens with zero attached hydrogens (tertiary/aromatic N) is 2. The van der Waals surface area contributed by atoms with Gasteiger partial charge in [0.1, 0.15) is 0 Å². The molecule has 2 aliphatic rings. The number of rotatable bonds is 3. The second-order valence-corrected chi connectivity index (χ2v) is 7.05. The summed E-state index contributed by atoms with van der Waals surface area (Å²) in [7, 11) is 0. The first-order valence-electron chi connectivity index (χ1n) is 8.78. The summed E-state index contributed by atoms with van der Waals surface area (Å²) in [5.74, 6) is 0.677. The summed E-state index contributed by atoms with van der Waals surface area (Å²) in [6.45, 7) is 8.68. The first-order chi connectivity index (χ1) is 10.6. The smallest absolute Gasteiger partial charge is 0.253 e. The van der Waals surface area contributed by atoms with Crippen molar-refractivity contribution in [2.24, 2.45) is 0 Å². The highest BCUT2D eigenvalue weighted by atomic mass is 16.2. The van der Waals surface area contributed by atoms with Gasteiger partial charge in [0.2, 0.25) is 0 Å². The van der Waals surface area contributed by atoms with Crippen molar-refractivity contribution in [3.8, 4) is 0 Å². The lowest BCUT2D eigenvalue weighted by Crippen LogP contribution is -2.45. The standard InChI is InChI=1S/C19H28N2O/c1-15(2)16-6-5-7-17(14-16)19(22)21-12-8-18(9-13-21)20-10-3-4-11-20/h5-7,14-15,18H,3-4,8-13H2,1-2H3. The molecule has 0 atom stereocenters. The highest BCUT2D eigenvalue weighted by Gasteiger charge is 2.28. The molecule has 120 valence electrons. The van der Waals surface area contributed by atoms with Crippen LogP contribution in [0.5, 0.6) is 0 Å². The molecule has 3 heteroatoms. The molecule has 22 heavy (non-hydrogen) atoms. The molecular weight excluding hydrogens is 272 g/mol. The Morgan fingerprint density at radius 2 is 1.77 bits per heavy atom. The van der Waals surface area contributed by atoms with E-state index < -0.39 is 0 Å². The molecule has 0 unspecified atom stereocenters. The van der Waals surface area contributed by atoms with Crippen LogP contribution in [0.1, 0.15) is 61.4 Å². The first kappa shape index (κ1) is 15.5. The van der Waals surface area contributed by atoms with E-state index in [1.165, 1.54) is 31.5 Å². The third kappa shape index (κ3) is 3.35. The summed E-state index contributed by atoms with van der Waals surface area (Å²) in [5.41, 5.74) is 2.10. The summed E-state index contributed by atoms with van der Waals surface area (Å²) in [6, 6.07) is 8.86. The number of piperidine rings is 1. The summed E-state index contributed by atoms with van der Waals surface area (Å²) >= 11 is 0. The van der Waals surface area contributed by atoms with Gasteiger partial charge in [0.15, 0.2) is 0 Å². The zero-order valence-electron chi connectivity index (χ0n) is 13.9. The molecule has 3 nitrogen and oxygen atoms in total. The molecule has 0 spiro atoms. The van der Waals surface area contributed by atoms with Gasteiger partial charge >= 0.3 is 0 Å². The number of amides is 1. The molecule has 0 N–H and O–H groups in total. The Kier molecular flexibility index (Phi) is 4.82. The third-order valence-electron chi connectivity index (χ3n) is 5.21. The maximum Gasteiger partial charge on any atom is 0.253 e. The van der Waals surface area contributed by atoms with E-state index in [9.17, 15) is 4.79 Å². The largest absolute Gasteiger partial charge is 0.339 e. The lowest BCUT2D eigenvalue weighted by molar-refractivity contribution is 0.0644. The topological polar surface area (TPSA) is 23.6 Å². The fraction of sp³-hybridized carbons (Fsp3) is 0.632. The fourth-order valence-corrected chi connectivity index (χ4v) is 3.75. The predicted octanol–water partition coefficient (Wildman–Crippen LogP) is 3.51. The van der Waals surface area contributed by atoms with Crippen molar-refractivity contribution in [2.75, 3.05) is 26.2 Å². The van der Waals surface area contributed by atoms with Gasteiger partial charge in [-0.1, -0.05) is 26.0 Å². The molecule has 2 aliphatic heterocycles. The number of carbonyl (C=O) groups is 1. The molecule has 2 saturated heterocycles. The van der Waals surface area contributed by atoms with Crippen LogP contribution in [0.2, 0.25) is 0 Å². The van der Waals surface area contributed by atoms with Gasteiger partial charge in [0.25, 0.3) is 5.91 Å². The highest BCUT2D eigenvalue weighted by Crippen LogP contribution is 2.23. The summed E-state index contributed by atoms with van der Waals surface area (Å²) in [6.07, 6.45) is 4.97. The van der Waals surface area contributed by atoms with E-state index in [-0.39, 0.29) is 5.91 Å². The second-order valence-electron chi connectivity index (χ2n) is 7.05. The second kappa shape index (κ2) is 6.82. The first-order valence-corrected chi connectivity index (χ1v) is 8.78. The number of hydrogen-bond acceptors (Lipinski definition) is 2. The minimum absolute atomic E-state index is 0.211. The van der Waals surface area contributed by atoms with Gasteiger partial charge in [0, 0.05) is 24.7 Å². The molecule has 3 rings (SSSR count). The molecule has 1 amide bonds. The van der Waals surface area contributed by atoms with Crippen molar-refractivity contribution in [3.05, 3.63) is 35.4 Å². The number of likely N-dealkylation sites (tertiary alicyclic amines) is 2. The molecule has 0 saturated carbocycles. The van der Waals surface area contributed by atoms with E-state index in [1.807, 2.05) is 17.0 Å². The Morgan fingerprint density at radius 1 is 1.09 bits per heavy atom. The van der Waals surface area contributed by atoms with Gasteiger partial charge < -0.3 is 9.80 Å². The zero-order valence-corrected chi connectivity index (χ0v) is 13.9. The van der Waals surface area contributed by atoms with Gasteiger partial charge in [-0.25, -0.2) is 0 Å². The van der Waals surface area contributed by atoms with E-state index in [2.05, 4.69) is 30.9 Å². The molecule has 0 radical (unpaired) electrons. The Bertz CT molecular complexity index is 512. The quantitative estimate of drug-likeness (QED) is 0.853. The highest BCUT2D eigenvalue weighted by molar-refractivity contribution is 5.94. The molecular formula is C19H28N2O. The van der Waals surface area contributed by atoms with Crippen molar-refractivity contribution in [2.45, 2.75) is 51.5 Å². The Labute approximate surface area is 134 Å². The third-order valence-corrected chi connectivity index (χ3v) is 5.21. The number of benzene rings is 1. The molecule has 0 bridgehead atoms. The fourth-order valence-electron chi connectivity index (χ4n) is 3.75. The average Bonchev–Trinajstić information content (AvgIpc) is 3.09. The van der Waals surface area contributed by atoms with Crippen molar-refractivity contribution in [3.63, 3.8) is 0 Å². The zero-order chi connectivity index (χ0) is 15.5. The van der Waals surface area contributed by atoms with E-state index in [0.29, 0.717) is 12.0 Å². The van der Waals surface area contributed by atoms with Crippen molar-refractivity contribution in [1.82, 2.24) is 9.80 Å². The van der Waals surface area contributed by atoms with Crippen LogP contribution < -0.4 is 0 Å². The van der Waals surface area contributed by atoms with E-state index in [1.54, 1.807) is 0 Å². The molecule has 0 aromatic heterocycles. The molecule has 2 heterocycles. The molecule has 2 fully saturated rings. The van der Waals surface area contributed by atoms with Crippen LogP contribution in [0.15, 0.2) is 24.3 Å². The van der Waals surface area contributed by atoms with Crippen LogP contribution in [-0.4, -0.2) is 47.9 Å². The predicted molar refractivity (Wildman–Crippen MR) is 90.3 cm³/mol. The van der Waals surface area contributed by atoms with Gasteiger partial charge in [-0.15, -0.1) is 0 Å². The van der Waals surface area contributed by atoms with Crippen LogP contribution in [0.4, 0.5) is 0 Å². The lowest BCUT2D eigenvalue weighted by atomic mass is 9.99. The van der Waals surface area contributed by atoms with Crippen LogP contribution in [0, 0.1) is 0 Å². The van der Waals surface area contributed by atoms with Crippen molar-refractivity contribution in [1.29, 1.82) is 0 Å². The van der Waals surface area contributed by atoms with Crippen LogP contribution in [0.3, 0.4) is 0 Å². The maximum absolute atomic E-state index is 12.7. The summed E-state index contributed by atoms with van der Waals surface area (Å²) in [4.78, 5) is 17.4. The Hall–Kier alpha value is -1.35. The van der Waals surface area contributed by atoms with Crippen LogP contribution >= 0.6 is 0 Å². The van der Waals surface area contributed by atoms with Crippen molar-refractivity contribution >= 4 is 5.91 Å². The molecule has 1 aromatic rings. The minimum Gasteiger partial charge on any atom is -0.339 e. The van der Waals surface area contributed by atoms with E-state index in [0.717, 1.165) is 31.5 Å². The summed E-state index contributed by atoms with van der Waals surface area (Å²) < 4.78 is 0. The maximum atomic E-state index is 12.7. The van der Waals surface area contributed by atoms with Gasteiger partial charge in [0.05, 0.1) is 0 Å². The van der Waals surface area contributed by atoms with E-state index >= 15 is 0 Å². The Morgan fingerprint density at radius 3 is 2.41 bits per heavy atom. The van der Waals surface area contributed by atoms with Gasteiger partial charge in [-0.05, 0) is 62.4 Å². The minimum atomic E-state index is 0.211. The van der Waals surface area contributed by atoms with Crippen molar-refractivity contribution < 1.29 is 4.79 Å². The molecule has 0 aliphatic carbocycles. The molecule has 1 aromatic carbocycles. The average molecular weight is 300 g/mol. The van der Waals surface area contributed by atoms with Crippen LogP contribution in [-0.2, 0) is 0 Å².